The monoisotopic (exact) mass is 293 g/mol. The summed E-state index contributed by atoms with van der Waals surface area (Å²) in [5.74, 6) is 0.558. The molecule has 0 spiro atoms. The number of aromatic nitrogens is 2. The molecule has 0 aliphatic carbocycles. The lowest BCUT2D eigenvalue weighted by Gasteiger charge is -2.05. The quantitative estimate of drug-likeness (QED) is 0.417. The van der Waals surface area contributed by atoms with E-state index in [9.17, 15) is 10.3 Å². The van der Waals surface area contributed by atoms with E-state index in [1.54, 1.807) is 18.5 Å². The Morgan fingerprint density at radius 1 is 1.14 bits per heavy atom. The van der Waals surface area contributed by atoms with E-state index < -0.39 is 0 Å². The van der Waals surface area contributed by atoms with E-state index in [-0.39, 0.29) is 5.75 Å². The van der Waals surface area contributed by atoms with Crippen molar-refractivity contribution < 1.29 is 14.7 Å². The molecule has 0 saturated heterocycles. The van der Waals surface area contributed by atoms with Crippen molar-refractivity contribution >= 4 is 16.5 Å². The minimum absolute atomic E-state index is 0.0769. The maximum atomic E-state index is 9.55. The van der Waals surface area contributed by atoms with Crippen LogP contribution in [0.3, 0.4) is 0 Å². The van der Waals surface area contributed by atoms with Crippen molar-refractivity contribution in [3.63, 3.8) is 0 Å². The van der Waals surface area contributed by atoms with E-state index in [1.165, 1.54) is 12.1 Å². The van der Waals surface area contributed by atoms with Crippen LogP contribution in [0, 0.1) is 0 Å². The summed E-state index contributed by atoms with van der Waals surface area (Å²) in [6, 6.07) is 12.0. The number of benzene rings is 1. The van der Waals surface area contributed by atoms with Gasteiger partial charge in [0, 0.05) is 17.8 Å². The number of aromatic hydroxyl groups is 1. The van der Waals surface area contributed by atoms with Crippen molar-refractivity contribution in [3.8, 4) is 17.2 Å². The van der Waals surface area contributed by atoms with Gasteiger partial charge in [-0.25, -0.2) is 4.98 Å². The molecule has 0 radical (unpaired) electrons. The van der Waals surface area contributed by atoms with E-state index in [2.05, 4.69) is 10.1 Å². The number of phenols is 1. The van der Waals surface area contributed by atoms with E-state index in [4.69, 9.17) is 4.42 Å². The number of nitrogens with zero attached hydrogens (tertiary/aromatic N) is 3. The smallest absolute Gasteiger partial charge is 0.155 e. The summed E-state index contributed by atoms with van der Waals surface area (Å²) < 4.78 is 7.71. The predicted molar refractivity (Wildman–Crippen MR) is 79.4 cm³/mol. The first-order chi connectivity index (χ1) is 10.7. The van der Waals surface area contributed by atoms with E-state index in [0.29, 0.717) is 27.8 Å². The van der Waals surface area contributed by atoms with Gasteiger partial charge in [0.05, 0.1) is 11.7 Å². The van der Waals surface area contributed by atoms with Crippen LogP contribution in [-0.4, -0.2) is 19.7 Å². The Morgan fingerprint density at radius 2 is 2.05 bits per heavy atom. The van der Waals surface area contributed by atoms with Crippen LogP contribution < -0.4 is 5.36 Å². The van der Waals surface area contributed by atoms with Gasteiger partial charge in [-0.3, -0.25) is 0 Å². The number of hydrogen-bond donors (Lipinski definition) is 2. The van der Waals surface area contributed by atoms with Crippen LogP contribution in [0.15, 0.2) is 64.6 Å². The minimum atomic E-state index is 0.0769. The van der Waals surface area contributed by atoms with Gasteiger partial charge in [0.1, 0.15) is 22.4 Å². The van der Waals surface area contributed by atoms with Gasteiger partial charge in [-0.2, -0.15) is 0 Å². The zero-order valence-electron chi connectivity index (χ0n) is 11.3. The lowest BCUT2D eigenvalue weighted by molar-refractivity contribution is 0.302. The molecule has 3 heterocycles. The first-order valence-electron chi connectivity index (χ1n) is 6.63. The molecule has 6 heteroatoms. The molecule has 4 aromatic rings. The van der Waals surface area contributed by atoms with Gasteiger partial charge in [-0.15, -0.1) is 0 Å². The van der Waals surface area contributed by atoms with Gasteiger partial charge in [0.15, 0.2) is 5.76 Å². The second-order valence-corrected chi connectivity index (χ2v) is 4.89. The van der Waals surface area contributed by atoms with E-state index in [1.807, 2.05) is 28.8 Å². The first kappa shape index (κ1) is 12.5. The van der Waals surface area contributed by atoms with Crippen LogP contribution in [-0.2, 0) is 0 Å². The average molecular weight is 293 g/mol. The van der Waals surface area contributed by atoms with Gasteiger partial charge in [0.2, 0.25) is 0 Å². The highest BCUT2D eigenvalue weighted by Crippen LogP contribution is 2.23. The van der Waals surface area contributed by atoms with Crippen LogP contribution >= 0.6 is 0 Å². The highest BCUT2D eigenvalue weighted by Gasteiger charge is 2.09. The topological polar surface area (TPSA) is 83.3 Å². The zero-order chi connectivity index (χ0) is 15.1. The molecule has 3 aromatic heterocycles. The molecule has 0 atom stereocenters. The maximum Gasteiger partial charge on any atom is 0.155 e. The predicted octanol–water partition coefficient (Wildman–Crippen LogP) is 2.74. The number of rotatable bonds is 1. The molecule has 0 saturated carbocycles. The lowest BCUT2D eigenvalue weighted by Crippen LogP contribution is -2.03. The van der Waals surface area contributed by atoms with Crippen molar-refractivity contribution in [3.05, 3.63) is 60.3 Å². The Morgan fingerprint density at radius 3 is 2.91 bits per heavy atom. The molecule has 0 fully saturated rings. The third-order valence-corrected chi connectivity index (χ3v) is 3.50. The molecule has 4 rings (SSSR count). The van der Waals surface area contributed by atoms with Crippen LogP contribution in [0.1, 0.15) is 0 Å². The summed E-state index contributed by atoms with van der Waals surface area (Å²) >= 11 is 0. The SMILES string of the molecule is O/N=c1\cc(-c2cc3cccn3cn2)oc2ccc(O)cc12. The Bertz CT molecular complexity index is 1060. The molecule has 0 bridgehead atoms. The molecule has 0 aliphatic heterocycles. The Labute approximate surface area is 124 Å². The highest BCUT2D eigenvalue weighted by molar-refractivity contribution is 5.79. The zero-order valence-corrected chi connectivity index (χ0v) is 11.3. The van der Waals surface area contributed by atoms with Gasteiger partial charge < -0.3 is 19.1 Å². The summed E-state index contributed by atoms with van der Waals surface area (Å²) in [7, 11) is 0. The van der Waals surface area contributed by atoms with Gasteiger partial charge in [-0.1, -0.05) is 5.16 Å². The van der Waals surface area contributed by atoms with Crippen LogP contribution in [0.2, 0.25) is 0 Å². The molecule has 108 valence electrons. The average Bonchev–Trinajstić information content (AvgIpc) is 3.01. The third-order valence-electron chi connectivity index (χ3n) is 3.50. The third kappa shape index (κ3) is 1.89. The Kier molecular flexibility index (Phi) is 2.62. The fourth-order valence-electron chi connectivity index (χ4n) is 2.44. The summed E-state index contributed by atoms with van der Waals surface area (Å²) in [4.78, 5) is 4.35. The highest BCUT2D eigenvalue weighted by atomic mass is 16.4. The van der Waals surface area contributed by atoms with E-state index >= 15 is 0 Å². The molecule has 22 heavy (non-hydrogen) atoms. The normalized spacial score (nSPS) is 12.3. The van der Waals surface area contributed by atoms with Crippen LogP contribution in [0.4, 0.5) is 0 Å². The Hall–Kier alpha value is -3.28. The summed E-state index contributed by atoms with van der Waals surface area (Å²) in [5, 5.41) is 22.9. The van der Waals surface area contributed by atoms with Crippen LogP contribution in [0.5, 0.6) is 5.75 Å². The molecule has 0 unspecified atom stereocenters. The van der Waals surface area contributed by atoms with Crippen molar-refractivity contribution in [2.45, 2.75) is 0 Å². The van der Waals surface area contributed by atoms with Gasteiger partial charge in [0.25, 0.3) is 0 Å². The second-order valence-electron chi connectivity index (χ2n) is 4.89. The summed E-state index contributed by atoms with van der Waals surface area (Å²) in [5.41, 5.74) is 2.11. The number of fused-ring (bicyclic) bond motifs is 2. The number of phenolic OH excluding ortho intramolecular Hbond substituents is 1. The molecule has 0 amide bonds. The molecule has 1 aromatic carbocycles. The fraction of sp³-hybridized carbons (Fsp3) is 0. The summed E-state index contributed by atoms with van der Waals surface area (Å²) in [6.07, 6.45) is 3.60. The van der Waals surface area contributed by atoms with Crippen molar-refractivity contribution in [2.24, 2.45) is 5.16 Å². The molecule has 6 nitrogen and oxygen atoms in total. The lowest BCUT2D eigenvalue weighted by atomic mass is 10.2. The molecule has 2 N–H and O–H groups in total. The largest absolute Gasteiger partial charge is 0.508 e. The number of hydrogen-bond acceptors (Lipinski definition) is 5. The molecular weight excluding hydrogens is 282 g/mol. The Balaban J connectivity index is 2.00. The second kappa shape index (κ2) is 4.63. The maximum absolute atomic E-state index is 9.55. The summed E-state index contributed by atoms with van der Waals surface area (Å²) in [6.45, 7) is 0. The van der Waals surface area contributed by atoms with Gasteiger partial charge in [-0.05, 0) is 36.4 Å². The molecule has 0 aliphatic rings. The standard InChI is InChI=1S/C16H11N3O3/c20-11-3-4-15-12(7-11)13(18-21)8-16(22-15)14-6-10-2-1-5-19(10)9-17-14/h1-9,20-21H/b18-13+. The van der Waals surface area contributed by atoms with Gasteiger partial charge >= 0.3 is 0 Å². The first-order valence-corrected chi connectivity index (χ1v) is 6.63. The van der Waals surface area contributed by atoms with Crippen molar-refractivity contribution in [1.29, 1.82) is 0 Å². The fourth-order valence-corrected chi connectivity index (χ4v) is 2.44. The van der Waals surface area contributed by atoms with Crippen molar-refractivity contribution in [2.75, 3.05) is 0 Å². The van der Waals surface area contributed by atoms with E-state index in [0.717, 1.165) is 5.52 Å². The van der Waals surface area contributed by atoms with Crippen LogP contribution in [0.25, 0.3) is 27.9 Å². The van der Waals surface area contributed by atoms with Crippen molar-refractivity contribution in [1.82, 2.24) is 9.38 Å². The minimum Gasteiger partial charge on any atom is -0.508 e. The molecular formula is C16H11N3O3.